The standard InChI is InChI=1S/C13H18Cl2O3/c1-13(2,3)11(17)7-18-12-8(6-16)4-9(14)5-10(12)15/h4-5,11,16-17H,6-7H2,1-3H3. The van der Waals surface area contributed by atoms with Crippen molar-refractivity contribution in [3.05, 3.63) is 27.7 Å². The lowest BCUT2D eigenvalue weighted by Gasteiger charge is -2.26. The van der Waals surface area contributed by atoms with Crippen molar-refractivity contribution < 1.29 is 14.9 Å². The van der Waals surface area contributed by atoms with Crippen LogP contribution in [-0.4, -0.2) is 22.9 Å². The van der Waals surface area contributed by atoms with Crippen LogP contribution < -0.4 is 4.74 Å². The lowest BCUT2D eigenvalue weighted by Crippen LogP contribution is -2.32. The maximum absolute atomic E-state index is 9.90. The van der Waals surface area contributed by atoms with Gasteiger partial charge in [-0.2, -0.15) is 0 Å². The van der Waals surface area contributed by atoms with Crippen molar-refractivity contribution in [3.63, 3.8) is 0 Å². The first-order valence-electron chi connectivity index (χ1n) is 5.65. The molecule has 2 N–H and O–H groups in total. The summed E-state index contributed by atoms with van der Waals surface area (Å²) in [4.78, 5) is 0. The van der Waals surface area contributed by atoms with Gasteiger partial charge in [-0.3, -0.25) is 0 Å². The van der Waals surface area contributed by atoms with Crippen LogP contribution in [0.25, 0.3) is 0 Å². The molecule has 3 nitrogen and oxygen atoms in total. The molecule has 0 aromatic heterocycles. The summed E-state index contributed by atoms with van der Waals surface area (Å²) in [5, 5.41) is 19.9. The van der Waals surface area contributed by atoms with E-state index in [4.69, 9.17) is 27.9 Å². The summed E-state index contributed by atoms with van der Waals surface area (Å²) >= 11 is 11.8. The fourth-order valence-corrected chi connectivity index (χ4v) is 1.90. The molecule has 0 bridgehead atoms. The second kappa shape index (κ2) is 6.11. The monoisotopic (exact) mass is 292 g/mol. The van der Waals surface area contributed by atoms with Crippen LogP contribution in [0.15, 0.2) is 12.1 Å². The molecule has 1 aromatic carbocycles. The minimum Gasteiger partial charge on any atom is -0.489 e. The van der Waals surface area contributed by atoms with Gasteiger partial charge < -0.3 is 14.9 Å². The summed E-state index contributed by atoms with van der Waals surface area (Å²) in [6.45, 7) is 5.63. The Morgan fingerprint density at radius 1 is 1.28 bits per heavy atom. The van der Waals surface area contributed by atoms with E-state index >= 15 is 0 Å². The minimum absolute atomic E-state index is 0.109. The third kappa shape index (κ3) is 4.02. The van der Waals surface area contributed by atoms with Crippen LogP contribution in [0.5, 0.6) is 5.75 Å². The average Bonchev–Trinajstić information content (AvgIpc) is 2.25. The van der Waals surface area contributed by atoms with Gasteiger partial charge in [0.15, 0.2) is 0 Å². The zero-order valence-corrected chi connectivity index (χ0v) is 12.2. The first kappa shape index (κ1) is 15.6. The van der Waals surface area contributed by atoms with Gasteiger partial charge in [-0.05, 0) is 17.5 Å². The number of rotatable bonds is 4. The van der Waals surface area contributed by atoms with Crippen molar-refractivity contribution >= 4 is 23.2 Å². The molecule has 0 spiro atoms. The maximum atomic E-state index is 9.90. The van der Waals surface area contributed by atoms with E-state index in [1.807, 2.05) is 20.8 Å². The molecule has 0 radical (unpaired) electrons. The number of benzene rings is 1. The van der Waals surface area contributed by atoms with Crippen molar-refractivity contribution in [3.8, 4) is 5.75 Å². The second-order valence-corrected chi connectivity index (χ2v) is 6.07. The van der Waals surface area contributed by atoms with Gasteiger partial charge in [-0.15, -0.1) is 0 Å². The molecule has 1 rings (SSSR count). The van der Waals surface area contributed by atoms with Crippen molar-refractivity contribution in [2.45, 2.75) is 33.5 Å². The van der Waals surface area contributed by atoms with E-state index < -0.39 is 6.10 Å². The molecule has 0 aliphatic heterocycles. The quantitative estimate of drug-likeness (QED) is 0.895. The smallest absolute Gasteiger partial charge is 0.143 e. The molecule has 0 saturated carbocycles. The molecule has 1 atom stereocenters. The van der Waals surface area contributed by atoms with Crippen LogP contribution >= 0.6 is 23.2 Å². The highest BCUT2D eigenvalue weighted by atomic mass is 35.5. The van der Waals surface area contributed by atoms with Gasteiger partial charge >= 0.3 is 0 Å². The summed E-state index contributed by atoms with van der Waals surface area (Å²) in [7, 11) is 0. The van der Waals surface area contributed by atoms with Gasteiger partial charge in [-0.25, -0.2) is 0 Å². The third-order valence-electron chi connectivity index (χ3n) is 2.64. The number of hydrogen-bond acceptors (Lipinski definition) is 3. The van der Waals surface area contributed by atoms with Crippen LogP contribution in [0.4, 0.5) is 0 Å². The zero-order chi connectivity index (χ0) is 13.9. The highest BCUT2D eigenvalue weighted by Crippen LogP contribution is 2.33. The maximum Gasteiger partial charge on any atom is 0.143 e. The van der Waals surface area contributed by atoms with E-state index in [9.17, 15) is 10.2 Å². The van der Waals surface area contributed by atoms with Crippen molar-refractivity contribution in [2.75, 3.05) is 6.61 Å². The Hall–Kier alpha value is -0.480. The van der Waals surface area contributed by atoms with E-state index in [1.165, 1.54) is 0 Å². The Kier molecular flexibility index (Phi) is 5.29. The van der Waals surface area contributed by atoms with E-state index in [0.717, 1.165) is 0 Å². The fraction of sp³-hybridized carbons (Fsp3) is 0.538. The lowest BCUT2D eigenvalue weighted by molar-refractivity contribution is 0.0212. The van der Waals surface area contributed by atoms with Gasteiger partial charge in [0, 0.05) is 10.6 Å². The Morgan fingerprint density at radius 3 is 2.39 bits per heavy atom. The average molecular weight is 293 g/mol. The SMILES string of the molecule is CC(C)(C)C(O)COc1c(Cl)cc(Cl)cc1CO. The molecule has 18 heavy (non-hydrogen) atoms. The molecule has 102 valence electrons. The summed E-state index contributed by atoms with van der Waals surface area (Å²) in [5.41, 5.74) is 0.228. The Morgan fingerprint density at radius 2 is 1.89 bits per heavy atom. The number of aliphatic hydroxyl groups excluding tert-OH is 2. The highest BCUT2D eigenvalue weighted by molar-refractivity contribution is 6.35. The van der Waals surface area contributed by atoms with Gasteiger partial charge in [-0.1, -0.05) is 44.0 Å². The summed E-state index contributed by atoms with van der Waals surface area (Å²) in [6, 6.07) is 3.13. The third-order valence-corrected chi connectivity index (χ3v) is 3.14. The molecule has 0 fully saturated rings. The molecule has 1 unspecified atom stereocenters. The predicted octanol–water partition coefficient (Wildman–Crippen LogP) is 3.27. The molecule has 1 aromatic rings. The van der Waals surface area contributed by atoms with Gasteiger partial charge in [0.1, 0.15) is 12.4 Å². The second-order valence-electron chi connectivity index (χ2n) is 5.23. The van der Waals surface area contributed by atoms with Gasteiger partial charge in [0.2, 0.25) is 0 Å². The van der Waals surface area contributed by atoms with Crippen molar-refractivity contribution in [1.29, 1.82) is 0 Å². The molecule has 0 heterocycles. The predicted molar refractivity (Wildman–Crippen MR) is 73.3 cm³/mol. The first-order chi connectivity index (χ1) is 8.25. The van der Waals surface area contributed by atoms with E-state index in [0.29, 0.717) is 21.4 Å². The molecule has 0 aliphatic rings. The van der Waals surface area contributed by atoms with Crippen LogP contribution in [0, 0.1) is 5.41 Å². The van der Waals surface area contributed by atoms with Crippen molar-refractivity contribution in [2.24, 2.45) is 5.41 Å². The molecule has 0 amide bonds. The minimum atomic E-state index is -0.629. The topological polar surface area (TPSA) is 49.7 Å². The Balaban J connectivity index is 2.85. The molecule has 5 heteroatoms. The molecular formula is C13H18Cl2O3. The number of halogens is 2. The van der Waals surface area contributed by atoms with Crippen LogP contribution in [-0.2, 0) is 6.61 Å². The van der Waals surface area contributed by atoms with Gasteiger partial charge in [0.25, 0.3) is 0 Å². The highest BCUT2D eigenvalue weighted by Gasteiger charge is 2.23. The normalized spacial score (nSPS) is 13.5. The zero-order valence-electron chi connectivity index (χ0n) is 10.7. The van der Waals surface area contributed by atoms with E-state index in [-0.39, 0.29) is 18.6 Å². The number of hydrogen-bond donors (Lipinski definition) is 2. The van der Waals surface area contributed by atoms with Crippen molar-refractivity contribution in [1.82, 2.24) is 0 Å². The lowest BCUT2D eigenvalue weighted by atomic mass is 9.90. The van der Waals surface area contributed by atoms with E-state index in [1.54, 1.807) is 12.1 Å². The first-order valence-corrected chi connectivity index (χ1v) is 6.41. The molecule has 0 aliphatic carbocycles. The van der Waals surface area contributed by atoms with Crippen LogP contribution in [0.2, 0.25) is 10.0 Å². The van der Waals surface area contributed by atoms with Crippen LogP contribution in [0.1, 0.15) is 26.3 Å². The fourth-order valence-electron chi connectivity index (χ4n) is 1.31. The summed E-state index contributed by atoms with van der Waals surface area (Å²) < 4.78 is 5.50. The molecule has 0 saturated heterocycles. The Bertz CT molecular complexity index is 413. The molecular weight excluding hydrogens is 275 g/mol. The summed E-state index contributed by atoms with van der Waals surface area (Å²) in [5.74, 6) is 0.367. The van der Waals surface area contributed by atoms with Gasteiger partial charge in [0.05, 0.1) is 17.7 Å². The van der Waals surface area contributed by atoms with E-state index in [2.05, 4.69) is 0 Å². The number of ether oxygens (including phenoxy) is 1. The largest absolute Gasteiger partial charge is 0.489 e. The Labute approximate surface area is 117 Å². The number of aliphatic hydroxyl groups is 2. The van der Waals surface area contributed by atoms with Crippen LogP contribution in [0.3, 0.4) is 0 Å². The summed E-state index contributed by atoms with van der Waals surface area (Å²) in [6.07, 6.45) is -0.629.